The van der Waals surface area contributed by atoms with Gasteiger partial charge in [0.2, 0.25) is 0 Å². The van der Waals surface area contributed by atoms with Gasteiger partial charge in [0.1, 0.15) is 0 Å². The van der Waals surface area contributed by atoms with Crippen molar-refractivity contribution in [1.29, 1.82) is 0 Å². The Hall–Kier alpha value is -1.00. The number of nitrogens with zero attached hydrogens (tertiary/aromatic N) is 1. The molecule has 0 saturated heterocycles. The molecule has 4 heteroatoms. The van der Waals surface area contributed by atoms with E-state index in [1.165, 1.54) is 16.0 Å². The van der Waals surface area contributed by atoms with Gasteiger partial charge in [-0.1, -0.05) is 35.9 Å². The van der Waals surface area contributed by atoms with Crippen molar-refractivity contribution in [1.82, 2.24) is 4.90 Å². The zero-order chi connectivity index (χ0) is 15.2. The Labute approximate surface area is 136 Å². The summed E-state index contributed by atoms with van der Waals surface area (Å²) in [6, 6.07) is 16.8. The Morgan fingerprint density at radius 2 is 1.71 bits per heavy atom. The average Bonchev–Trinajstić information content (AvgIpc) is 2.51. The Bertz CT molecular complexity index is 554. The molecule has 0 amide bonds. The molecule has 1 unspecified atom stereocenters. The second-order valence-electron chi connectivity index (χ2n) is 5.07. The molecular formula is C17H21ClN2S. The number of hydrogen-bond acceptors (Lipinski definition) is 3. The van der Waals surface area contributed by atoms with E-state index in [1.54, 1.807) is 11.8 Å². The van der Waals surface area contributed by atoms with Crippen LogP contribution in [0.15, 0.2) is 53.4 Å². The third-order valence-electron chi connectivity index (χ3n) is 3.60. The first-order valence-electron chi connectivity index (χ1n) is 6.92. The molecule has 2 N–H and O–H groups in total. The van der Waals surface area contributed by atoms with E-state index in [1.807, 2.05) is 12.1 Å². The molecule has 0 aliphatic rings. The van der Waals surface area contributed by atoms with Crippen LogP contribution >= 0.6 is 23.4 Å². The zero-order valence-electron chi connectivity index (χ0n) is 12.4. The lowest BCUT2D eigenvalue weighted by atomic mass is 10.1. The molecule has 0 aromatic heterocycles. The molecule has 0 bridgehead atoms. The average molecular weight is 321 g/mol. The van der Waals surface area contributed by atoms with E-state index in [0.717, 1.165) is 11.6 Å². The normalized spacial score (nSPS) is 12.6. The fourth-order valence-electron chi connectivity index (χ4n) is 2.38. The number of hydrogen-bond donors (Lipinski definition) is 1. The fraction of sp³-hybridized carbons (Fsp3) is 0.294. The van der Waals surface area contributed by atoms with E-state index in [-0.39, 0.29) is 6.04 Å². The third kappa shape index (κ3) is 4.48. The Morgan fingerprint density at radius 1 is 1.10 bits per heavy atom. The van der Waals surface area contributed by atoms with Crippen LogP contribution < -0.4 is 5.73 Å². The van der Waals surface area contributed by atoms with Crippen molar-refractivity contribution in [3.05, 3.63) is 64.7 Å². The number of halogens is 1. The van der Waals surface area contributed by atoms with Crippen LogP contribution in [-0.4, -0.2) is 24.7 Å². The highest BCUT2D eigenvalue weighted by Crippen LogP contribution is 2.23. The summed E-state index contributed by atoms with van der Waals surface area (Å²) in [7, 11) is 2.11. The SMILES string of the molecule is CSc1ccc(C(CN)N(C)Cc2ccc(Cl)cc2)cc1. The van der Waals surface area contributed by atoms with Crippen LogP contribution in [0.1, 0.15) is 17.2 Å². The topological polar surface area (TPSA) is 29.3 Å². The van der Waals surface area contributed by atoms with Crippen molar-refractivity contribution < 1.29 is 0 Å². The van der Waals surface area contributed by atoms with Gasteiger partial charge in [0.15, 0.2) is 0 Å². The molecule has 0 aliphatic heterocycles. The van der Waals surface area contributed by atoms with Crippen LogP contribution in [0.3, 0.4) is 0 Å². The highest BCUT2D eigenvalue weighted by molar-refractivity contribution is 7.98. The molecule has 112 valence electrons. The highest BCUT2D eigenvalue weighted by Gasteiger charge is 2.15. The molecule has 21 heavy (non-hydrogen) atoms. The van der Waals surface area contributed by atoms with Crippen LogP contribution in [0.2, 0.25) is 5.02 Å². The molecule has 0 heterocycles. The minimum absolute atomic E-state index is 0.219. The summed E-state index contributed by atoms with van der Waals surface area (Å²) in [5.74, 6) is 0. The fourth-order valence-corrected chi connectivity index (χ4v) is 2.92. The first-order chi connectivity index (χ1) is 10.1. The molecule has 2 nitrogen and oxygen atoms in total. The van der Waals surface area contributed by atoms with Crippen molar-refractivity contribution in [2.45, 2.75) is 17.5 Å². The van der Waals surface area contributed by atoms with Crippen LogP contribution in [0.4, 0.5) is 0 Å². The summed E-state index contributed by atoms with van der Waals surface area (Å²) in [5.41, 5.74) is 8.48. The smallest absolute Gasteiger partial charge is 0.0470 e. The van der Waals surface area contributed by atoms with Gasteiger partial charge in [-0.15, -0.1) is 11.8 Å². The maximum Gasteiger partial charge on any atom is 0.0470 e. The number of benzene rings is 2. The first-order valence-corrected chi connectivity index (χ1v) is 8.53. The van der Waals surface area contributed by atoms with Crippen molar-refractivity contribution in [2.75, 3.05) is 19.8 Å². The summed E-state index contributed by atoms with van der Waals surface area (Å²) in [5, 5.41) is 0.768. The highest BCUT2D eigenvalue weighted by atomic mass is 35.5. The molecular weight excluding hydrogens is 300 g/mol. The monoisotopic (exact) mass is 320 g/mol. The van der Waals surface area contributed by atoms with Gasteiger partial charge in [-0.2, -0.15) is 0 Å². The standard InChI is InChI=1S/C17H21ClN2S/c1-20(12-13-3-7-15(18)8-4-13)17(11-19)14-5-9-16(21-2)10-6-14/h3-10,17H,11-12,19H2,1-2H3. The second kappa shape index (κ2) is 7.85. The molecule has 0 spiro atoms. The zero-order valence-corrected chi connectivity index (χ0v) is 14.0. The van der Waals surface area contributed by atoms with E-state index in [9.17, 15) is 0 Å². The minimum Gasteiger partial charge on any atom is -0.329 e. The third-order valence-corrected chi connectivity index (χ3v) is 4.60. The summed E-state index contributed by atoms with van der Waals surface area (Å²) in [6.07, 6.45) is 2.09. The predicted octanol–water partition coefficient (Wildman–Crippen LogP) is 4.19. The van der Waals surface area contributed by atoms with Crippen molar-refractivity contribution >= 4 is 23.4 Å². The number of nitrogens with two attached hydrogens (primary N) is 1. The Balaban J connectivity index is 2.09. The quantitative estimate of drug-likeness (QED) is 0.809. The molecule has 2 aromatic carbocycles. The van der Waals surface area contributed by atoms with Crippen LogP contribution in [0.5, 0.6) is 0 Å². The Kier molecular flexibility index (Phi) is 6.12. The van der Waals surface area contributed by atoms with Gasteiger partial charge in [0, 0.05) is 29.0 Å². The Morgan fingerprint density at radius 3 is 2.24 bits per heavy atom. The van der Waals surface area contributed by atoms with E-state index < -0.39 is 0 Å². The van der Waals surface area contributed by atoms with Gasteiger partial charge in [-0.05, 0) is 48.7 Å². The van der Waals surface area contributed by atoms with Crippen LogP contribution in [-0.2, 0) is 6.54 Å². The second-order valence-corrected chi connectivity index (χ2v) is 6.38. The van der Waals surface area contributed by atoms with Gasteiger partial charge in [-0.3, -0.25) is 4.90 Å². The maximum absolute atomic E-state index is 5.99. The van der Waals surface area contributed by atoms with Gasteiger partial charge in [-0.25, -0.2) is 0 Å². The lowest BCUT2D eigenvalue weighted by molar-refractivity contribution is 0.242. The molecule has 2 aromatic rings. The van der Waals surface area contributed by atoms with Crippen LogP contribution in [0, 0.1) is 0 Å². The molecule has 2 rings (SSSR count). The number of thioether (sulfide) groups is 1. The molecule has 0 saturated carbocycles. The van der Waals surface area contributed by atoms with Gasteiger partial charge in [0.05, 0.1) is 0 Å². The van der Waals surface area contributed by atoms with Crippen molar-refractivity contribution in [3.63, 3.8) is 0 Å². The summed E-state index contributed by atoms with van der Waals surface area (Å²) >= 11 is 7.68. The summed E-state index contributed by atoms with van der Waals surface area (Å²) < 4.78 is 0. The van der Waals surface area contributed by atoms with Crippen molar-refractivity contribution in [2.24, 2.45) is 5.73 Å². The summed E-state index contributed by atoms with van der Waals surface area (Å²) in [6.45, 7) is 1.45. The molecule has 0 radical (unpaired) electrons. The molecule has 1 atom stereocenters. The predicted molar refractivity (Wildman–Crippen MR) is 92.9 cm³/mol. The van der Waals surface area contributed by atoms with E-state index in [0.29, 0.717) is 6.54 Å². The van der Waals surface area contributed by atoms with Gasteiger partial charge < -0.3 is 5.73 Å². The number of rotatable bonds is 6. The maximum atomic E-state index is 5.99. The molecule has 0 fully saturated rings. The minimum atomic E-state index is 0.219. The first kappa shape index (κ1) is 16.4. The van der Waals surface area contributed by atoms with E-state index >= 15 is 0 Å². The van der Waals surface area contributed by atoms with E-state index in [2.05, 4.69) is 54.6 Å². The van der Waals surface area contributed by atoms with Crippen molar-refractivity contribution in [3.8, 4) is 0 Å². The lowest BCUT2D eigenvalue weighted by Gasteiger charge is -2.27. The van der Waals surface area contributed by atoms with Gasteiger partial charge >= 0.3 is 0 Å². The lowest BCUT2D eigenvalue weighted by Crippen LogP contribution is -2.30. The van der Waals surface area contributed by atoms with Gasteiger partial charge in [0.25, 0.3) is 0 Å². The van der Waals surface area contributed by atoms with Crippen LogP contribution in [0.25, 0.3) is 0 Å². The largest absolute Gasteiger partial charge is 0.329 e. The summed E-state index contributed by atoms with van der Waals surface area (Å²) in [4.78, 5) is 3.55. The molecule has 0 aliphatic carbocycles. The number of likely N-dealkylation sites (N-methyl/N-ethyl adjacent to an activating group) is 1. The van der Waals surface area contributed by atoms with E-state index in [4.69, 9.17) is 17.3 Å².